The third-order valence-corrected chi connectivity index (χ3v) is 2.22. The molecule has 0 fully saturated rings. The molecule has 2 rings (SSSR count). The second kappa shape index (κ2) is 4.08. The summed E-state index contributed by atoms with van der Waals surface area (Å²) in [4.78, 5) is 7.87. The molecule has 0 bridgehead atoms. The van der Waals surface area contributed by atoms with Crippen LogP contribution in [-0.4, -0.2) is 26.8 Å². The molecule has 0 aliphatic rings. The highest BCUT2D eigenvalue weighted by Crippen LogP contribution is 2.18. The zero-order valence-corrected chi connectivity index (χ0v) is 9.62. The number of pyridine rings is 1. The van der Waals surface area contributed by atoms with E-state index in [1.54, 1.807) is 13.8 Å². The molecule has 0 saturated carbocycles. The van der Waals surface area contributed by atoms with Gasteiger partial charge in [0.15, 0.2) is 23.3 Å². The highest BCUT2D eigenvalue weighted by molar-refractivity contribution is 5.41. The van der Waals surface area contributed by atoms with E-state index in [1.165, 1.54) is 11.7 Å². The number of anilines is 1. The number of aryl methyl sites for hydroxylation is 2. The van der Waals surface area contributed by atoms with Crippen LogP contribution in [0.5, 0.6) is 0 Å². The Morgan fingerprint density at radius 1 is 1.18 bits per heavy atom. The molecule has 90 valence electrons. The van der Waals surface area contributed by atoms with Gasteiger partial charge in [0.2, 0.25) is 0 Å². The Kier molecular flexibility index (Phi) is 2.74. The number of rotatable bonds is 2. The largest absolute Gasteiger partial charge is 0.371 e. The average molecular weight is 239 g/mol. The molecule has 2 aromatic heterocycles. The van der Waals surface area contributed by atoms with E-state index in [0.29, 0.717) is 11.6 Å². The van der Waals surface area contributed by atoms with Gasteiger partial charge in [0.05, 0.1) is 0 Å². The van der Waals surface area contributed by atoms with Crippen LogP contribution in [0.15, 0.2) is 6.07 Å². The van der Waals surface area contributed by atoms with Crippen LogP contribution in [0.4, 0.5) is 14.6 Å². The summed E-state index contributed by atoms with van der Waals surface area (Å²) in [6, 6.07) is 0.768. The van der Waals surface area contributed by atoms with E-state index in [0.717, 1.165) is 6.07 Å². The SMILES string of the molecule is CNc1nc(-n2nc(C)nc2C)c(F)cc1F. The van der Waals surface area contributed by atoms with Gasteiger partial charge in [-0.05, 0) is 13.8 Å². The topological polar surface area (TPSA) is 55.6 Å². The van der Waals surface area contributed by atoms with Gasteiger partial charge in [-0.25, -0.2) is 18.7 Å². The minimum absolute atomic E-state index is 0.0334. The Bertz CT molecular complexity index is 564. The second-order valence-electron chi connectivity index (χ2n) is 3.49. The molecule has 1 N–H and O–H groups in total. The summed E-state index contributed by atoms with van der Waals surface area (Å²) in [6.45, 7) is 3.35. The molecule has 2 aromatic rings. The van der Waals surface area contributed by atoms with Gasteiger partial charge < -0.3 is 5.32 Å². The second-order valence-corrected chi connectivity index (χ2v) is 3.49. The van der Waals surface area contributed by atoms with Crippen molar-refractivity contribution in [1.29, 1.82) is 0 Å². The quantitative estimate of drug-likeness (QED) is 0.864. The predicted molar refractivity (Wildman–Crippen MR) is 58.1 cm³/mol. The van der Waals surface area contributed by atoms with E-state index in [9.17, 15) is 8.78 Å². The Hall–Kier alpha value is -2.05. The van der Waals surface area contributed by atoms with Crippen LogP contribution in [0.3, 0.4) is 0 Å². The fourth-order valence-electron chi connectivity index (χ4n) is 1.50. The van der Waals surface area contributed by atoms with Gasteiger partial charge in [0, 0.05) is 13.1 Å². The van der Waals surface area contributed by atoms with Gasteiger partial charge in [-0.1, -0.05) is 0 Å². The highest BCUT2D eigenvalue weighted by atomic mass is 19.1. The molecule has 0 spiro atoms. The summed E-state index contributed by atoms with van der Waals surface area (Å²) in [7, 11) is 1.51. The van der Waals surface area contributed by atoms with E-state index < -0.39 is 11.6 Å². The fraction of sp³-hybridized carbons (Fsp3) is 0.300. The van der Waals surface area contributed by atoms with Crippen LogP contribution in [0.1, 0.15) is 11.6 Å². The van der Waals surface area contributed by atoms with E-state index in [-0.39, 0.29) is 11.6 Å². The molecule has 0 aromatic carbocycles. The third-order valence-electron chi connectivity index (χ3n) is 2.22. The minimum atomic E-state index is -0.783. The lowest BCUT2D eigenvalue weighted by Gasteiger charge is -2.07. The predicted octanol–water partition coefficient (Wildman–Crippen LogP) is 1.60. The molecule has 0 aliphatic heterocycles. The van der Waals surface area contributed by atoms with Crippen molar-refractivity contribution in [3.63, 3.8) is 0 Å². The highest BCUT2D eigenvalue weighted by Gasteiger charge is 2.15. The van der Waals surface area contributed by atoms with Crippen molar-refractivity contribution in [3.8, 4) is 5.82 Å². The van der Waals surface area contributed by atoms with Gasteiger partial charge in [0.25, 0.3) is 0 Å². The first-order valence-electron chi connectivity index (χ1n) is 4.97. The molecule has 5 nitrogen and oxygen atoms in total. The van der Waals surface area contributed by atoms with Crippen molar-refractivity contribution in [2.24, 2.45) is 0 Å². The maximum atomic E-state index is 13.6. The number of halogens is 2. The standard InChI is InChI=1S/C10H11F2N5/c1-5-14-6(2)17(16-5)10-8(12)4-7(11)9(13-3)15-10/h4H,1-3H3,(H,13,15). The molecule has 0 atom stereocenters. The van der Waals surface area contributed by atoms with Gasteiger partial charge in [0.1, 0.15) is 11.6 Å². The Labute approximate surface area is 96.5 Å². The van der Waals surface area contributed by atoms with Crippen molar-refractivity contribution < 1.29 is 8.78 Å². The number of hydrogen-bond donors (Lipinski definition) is 1. The number of nitrogens with zero attached hydrogens (tertiary/aromatic N) is 4. The van der Waals surface area contributed by atoms with Crippen molar-refractivity contribution in [2.75, 3.05) is 12.4 Å². The first kappa shape index (κ1) is 11.4. The van der Waals surface area contributed by atoms with Gasteiger partial charge >= 0.3 is 0 Å². The summed E-state index contributed by atoms with van der Waals surface area (Å²) in [5, 5.41) is 6.54. The van der Waals surface area contributed by atoms with E-state index in [2.05, 4.69) is 20.4 Å². The van der Waals surface area contributed by atoms with Crippen LogP contribution >= 0.6 is 0 Å². The summed E-state index contributed by atoms with van der Waals surface area (Å²) in [5.41, 5.74) is 0. The van der Waals surface area contributed by atoms with Crippen LogP contribution in [0.25, 0.3) is 5.82 Å². The maximum Gasteiger partial charge on any atom is 0.193 e. The molecule has 2 heterocycles. The first-order chi connectivity index (χ1) is 8.02. The van der Waals surface area contributed by atoms with Gasteiger partial charge in [-0.2, -0.15) is 4.68 Å². The van der Waals surface area contributed by atoms with E-state index >= 15 is 0 Å². The van der Waals surface area contributed by atoms with Crippen LogP contribution in [0, 0.1) is 25.5 Å². The molecule has 17 heavy (non-hydrogen) atoms. The molecular weight excluding hydrogens is 228 g/mol. The zero-order valence-electron chi connectivity index (χ0n) is 9.62. The molecule has 0 radical (unpaired) electrons. The lowest BCUT2D eigenvalue weighted by atomic mass is 10.4. The van der Waals surface area contributed by atoms with Crippen molar-refractivity contribution in [3.05, 3.63) is 29.3 Å². The van der Waals surface area contributed by atoms with Crippen LogP contribution in [-0.2, 0) is 0 Å². The van der Waals surface area contributed by atoms with Crippen molar-refractivity contribution in [1.82, 2.24) is 19.7 Å². The van der Waals surface area contributed by atoms with Crippen LogP contribution < -0.4 is 5.32 Å². The summed E-state index contributed by atoms with van der Waals surface area (Å²) in [6.07, 6.45) is 0. The molecule has 0 unspecified atom stereocenters. The van der Waals surface area contributed by atoms with Gasteiger partial charge in [-0.3, -0.25) is 0 Å². The third kappa shape index (κ3) is 1.95. The zero-order chi connectivity index (χ0) is 12.6. The average Bonchev–Trinajstić information content (AvgIpc) is 2.58. The molecule has 0 aliphatic carbocycles. The maximum absolute atomic E-state index is 13.6. The molecule has 0 saturated heterocycles. The smallest absolute Gasteiger partial charge is 0.193 e. The summed E-state index contributed by atoms with van der Waals surface area (Å²) >= 11 is 0. The van der Waals surface area contributed by atoms with Crippen LogP contribution in [0.2, 0.25) is 0 Å². The Balaban J connectivity index is 2.63. The van der Waals surface area contributed by atoms with Crippen molar-refractivity contribution >= 4 is 5.82 Å². The Morgan fingerprint density at radius 3 is 2.41 bits per heavy atom. The first-order valence-corrected chi connectivity index (χ1v) is 4.97. The minimum Gasteiger partial charge on any atom is -0.371 e. The van der Waals surface area contributed by atoms with E-state index in [1.807, 2.05) is 0 Å². The lowest BCUT2D eigenvalue weighted by Crippen LogP contribution is -2.09. The summed E-state index contributed by atoms with van der Waals surface area (Å²) < 4.78 is 28.1. The monoisotopic (exact) mass is 239 g/mol. The number of nitrogens with one attached hydrogen (secondary N) is 1. The molecule has 7 heteroatoms. The molecule has 0 amide bonds. The number of aromatic nitrogens is 4. The lowest BCUT2D eigenvalue weighted by molar-refractivity contribution is 0.561. The van der Waals surface area contributed by atoms with E-state index in [4.69, 9.17) is 0 Å². The molecular formula is C10H11F2N5. The Morgan fingerprint density at radius 2 is 1.88 bits per heavy atom. The number of hydrogen-bond acceptors (Lipinski definition) is 4. The van der Waals surface area contributed by atoms with Crippen molar-refractivity contribution in [2.45, 2.75) is 13.8 Å². The fourth-order valence-corrected chi connectivity index (χ4v) is 1.50. The normalized spacial score (nSPS) is 10.6. The summed E-state index contributed by atoms with van der Waals surface area (Å²) in [5.74, 6) is -0.651. The van der Waals surface area contributed by atoms with Gasteiger partial charge in [-0.15, -0.1) is 5.10 Å².